The molecule has 0 bridgehead atoms. The second-order valence-corrected chi connectivity index (χ2v) is 4.30. The molecule has 3 heteroatoms. The van der Waals surface area contributed by atoms with Crippen LogP contribution in [-0.4, -0.2) is 11.5 Å². The van der Waals surface area contributed by atoms with Crippen LogP contribution in [0.15, 0.2) is 6.20 Å². The van der Waals surface area contributed by atoms with E-state index >= 15 is 0 Å². The zero-order valence-corrected chi connectivity index (χ0v) is 9.53. The van der Waals surface area contributed by atoms with Crippen molar-refractivity contribution in [1.29, 1.82) is 0 Å². The van der Waals surface area contributed by atoms with Crippen molar-refractivity contribution in [2.45, 2.75) is 32.7 Å². The third kappa shape index (κ3) is 3.13. The maximum Gasteiger partial charge on any atom is 0.109 e. The van der Waals surface area contributed by atoms with E-state index in [1.165, 1.54) is 4.88 Å². The third-order valence-corrected chi connectivity index (χ3v) is 3.33. The summed E-state index contributed by atoms with van der Waals surface area (Å²) in [5.74, 6) is 2.61. The third-order valence-electron chi connectivity index (χ3n) is 2.01. The monoisotopic (exact) mass is 208 g/mol. The van der Waals surface area contributed by atoms with E-state index in [-0.39, 0.29) is 0 Å². The minimum atomic E-state index is 0.314. The summed E-state index contributed by atoms with van der Waals surface area (Å²) in [7, 11) is 0. The van der Waals surface area contributed by atoms with Crippen molar-refractivity contribution in [3.8, 4) is 12.3 Å². The molecule has 1 rings (SSSR count). The summed E-state index contributed by atoms with van der Waals surface area (Å²) >= 11 is 1.77. The van der Waals surface area contributed by atoms with Gasteiger partial charge in [0.05, 0.1) is 6.04 Å². The number of aromatic nitrogens is 1. The van der Waals surface area contributed by atoms with Crippen LogP contribution < -0.4 is 5.32 Å². The Kier molecular flexibility index (Phi) is 4.64. The molecular formula is C11H16N2S. The van der Waals surface area contributed by atoms with Crippen LogP contribution in [0.25, 0.3) is 0 Å². The Morgan fingerprint density at radius 1 is 1.71 bits per heavy atom. The number of hydrogen-bond acceptors (Lipinski definition) is 3. The number of nitrogens with one attached hydrogen (secondary N) is 1. The second kappa shape index (κ2) is 5.79. The molecule has 0 radical (unpaired) electrons. The van der Waals surface area contributed by atoms with Crippen LogP contribution in [-0.2, 0) is 6.42 Å². The first kappa shape index (κ1) is 11.2. The molecule has 0 aliphatic carbocycles. The standard InChI is InChI=1S/C11H16N2S/c1-4-6-7-12-9(3)11-13-8-10(5-2)14-11/h1,8-9,12H,5-7H2,2-3H3. The van der Waals surface area contributed by atoms with E-state index in [1.54, 1.807) is 11.3 Å². The summed E-state index contributed by atoms with van der Waals surface area (Å²) in [6.07, 6.45) is 8.97. The van der Waals surface area contributed by atoms with Crippen LogP contribution >= 0.6 is 11.3 Å². The van der Waals surface area contributed by atoms with Crippen molar-refractivity contribution in [2.75, 3.05) is 6.54 Å². The minimum Gasteiger partial charge on any atom is -0.307 e. The molecule has 0 amide bonds. The average Bonchev–Trinajstić information content (AvgIpc) is 2.66. The molecule has 0 fully saturated rings. The molecule has 0 saturated carbocycles. The van der Waals surface area contributed by atoms with Gasteiger partial charge in [-0.3, -0.25) is 0 Å². The lowest BCUT2D eigenvalue weighted by atomic mass is 10.3. The molecule has 1 heterocycles. The molecule has 2 nitrogen and oxygen atoms in total. The summed E-state index contributed by atoms with van der Waals surface area (Å²) in [5, 5.41) is 4.49. The number of thiazole rings is 1. The van der Waals surface area contributed by atoms with Crippen molar-refractivity contribution in [3.63, 3.8) is 0 Å². The Labute approximate surface area is 89.8 Å². The highest BCUT2D eigenvalue weighted by molar-refractivity contribution is 7.11. The molecule has 0 aliphatic rings. The van der Waals surface area contributed by atoms with E-state index in [1.807, 2.05) is 6.20 Å². The largest absolute Gasteiger partial charge is 0.307 e. The Bertz CT molecular complexity index is 311. The summed E-state index contributed by atoms with van der Waals surface area (Å²) in [6.45, 7) is 5.13. The van der Waals surface area contributed by atoms with E-state index in [4.69, 9.17) is 6.42 Å². The minimum absolute atomic E-state index is 0.314. The van der Waals surface area contributed by atoms with Crippen LogP contribution in [0, 0.1) is 12.3 Å². The van der Waals surface area contributed by atoms with Gasteiger partial charge in [-0.15, -0.1) is 23.7 Å². The molecule has 0 aliphatic heterocycles. The van der Waals surface area contributed by atoms with Crippen LogP contribution in [0.2, 0.25) is 0 Å². The first-order valence-electron chi connectivity index (χ1n) is 4.89. The molecular weight excluding hydrogens is 192 g/mol. The first-order valence-corrected chi connectivity index (χ1v) is 5.71. The summed E-state index contributed by atoms with van der Waals surface area (Å²) in [5.41, 5.74) is 0. The van der Waals surface area contributed by atoms with E-state index in [9.17, 15) is 0 Å². The van der Waals surface area contributed by atoms with Gasteiger partial charge in [-0.05, 0) is 13.3 Å². The molecule has 0 spiro atoms. The maximum absolute atomic E-state index is 5.18. The fourth-order valence-corrected chi connectivity index (χ4v) is 2.02. The molecule has 1 unspecified atom stereocenters. The van der Waals surface area contributed by atoms with Crippen molar-refractivity contribution in [2.24, 2.45) is 0 Å². The molecule has 0 saturated heterocycles. The van der Waals surface area contributed by atoms with Crippen LogP contribution in [0.3, 0.4) is 0 Å². The molecule has 1 aromatic rings. The lowest BCUT2D eigenvalue weighted by molar-refractivity contribution is 0.581. The smallest absolute Gasteiger partial charge is 0.109 e. The second-order valence-electron chi connectivity index (χ2n) is 3.15. The van der Waals surface area contributed by atoms with Gasteiger partial charge in [0.15, 0.2) is 0 Å². The van der Waals surface area contributed by atoms with Crippen molar-refractivity contribution in [1.82, 2.24) is 10.3 Å². The Morgan fingerprint density at radius 2 is 2.50 bits per heavy atom. The van der Waals surface area contributed by atoms with E-state index in [2.05, 4.69) is 30.1 Å². The summed E-state index contributed by atoms with van der Waals surface area (Å²) < 4.78 is 0. The Balaban J connectivity index is 2.44. The van der Waals surface area contributed by atoms with Gasteiger partial charge < -0.3 is 5.32 Å². The van der Waals surface area contributed by atoms with E-state index in [0.29, 0.717) is 6.04 Å². The van der Waals surface area contributed by atoms with Gasteiger partial charge >= 0.3 is 0 Å². The molecule has 1 atom stereocenters. The summed E-state index contributed by atoms with van der Waals surface area (Å²) in [6, 6.07) is 0.314. The first-order chi connectivity index (χ1) is 6.77. The molecule has 1 N–H and O–H groups in total. The zero-order valence-electron chi connectivity index (χ0n) is 8.71. The normalized spacial score (nSPS) is 12.4. The van der Waals surface area contributed by atoms with Crippen LogP contribution in [0.1, 0.15) is 36.2 Å². The zero-order chi connectivity index (χ0) is 10.4. The van der Waals surface area contributed by atoms with E-state index < -0.39 is 0 Å². The highest BCUT2D eigenvalue weighted by atomic mass is 32.1. The van der Waals surface area contributed by atoms with Gasteiger partial charge in [-0.1, -0.05) is 6.92 Å². The lowest BCUT2D eigenvalue weighted by Crippen LogP contribution is -2.19. The highest BCUT2D eigenvalue weighted by Crippen LogP contribution is 2.19. The molecule has 14 heavy (non-hydrogen) atoms. The number of terminal acetylenes is 1. The van der Waals surface area contributed by atoms with Crippen molar-refractivity contribution >= 4 is 11.3 Å². The number of nitrogens with zero attached hydrogens (tertiary/aromatic N) is 1. The predicted molar refractivity (Wildman–Crippen MR) is 61.4 cm³/mol. The van der Waals surface area contributed by atoms with E-state index in [0.717, 1.165) is 24.4 Å². The number of aryl methyl sites for hydroxylation is 1. The van der Waals surface area contributed by atoms with Gasteiger partial charge in [-0.25, -0.2) is 4.98 Å². The number of rotatable bonds is 5. The van der Waals surface area contributed by atoms with Crippen LogP contribution in [0.4, 0.5) is 0 Å². The van der Waals surface area contributed by atoms with Gasteiger partial charge in [0, 0.05) is 24.0 Å². The van der Waals surface area contributed by atoms with Gasteiger partial charge in [0.1, 0.15) is 5.01 Å². The number of hydrogen-bond donors (Lipinski definition) is 1. The Morgan fingerprint density at radius 3 is 3.07 bits per heavy atom. The molecule has 0 aromatic carbocycles. The topological polar surface area (TPSA) is 24.9 Å². The SMILES string of the molecule is C#CCCNC(C)c1ncc(CC)s1. The lowest BCUT2D eigenvalue weighted by Gasteiger charge is -2.08. The predicted octanol–water partition coefficient (Wildman–Crippen LogP) is 2.38. The van der Waals surface area contributed by atoms with Gasteiger partial charge in [-0.2, -0.15) is 0 Å². The van der Waals surface area contributed by atoms with Crippen LogP contribution in [0.5, 0.6) is 0 Å². The molecule has 1 aromatic heterocycles. The maximum atomic E-state index is 5.18. The average molecular weight is 208 g/mol. The van der Waals surface area contributed by atoms with Crippen molar-refractivity contribution < 1.29 is 0 Å². The fourth-order valence-electron chi connectivity index (χ4n) is 1.13. The molecule has 76 valence electrons. The quantitative estimate of drug-likeness (QED) is 0.593. The van der Waals surface area contributed by atoms with Gasteiger partial charge in [0.25, 0.3) is 0 Å². The Hall–Kier alpha value is -0.850. The van der Waals surface area contributed by atoms with Gasteiger partial charge in [0.2, 0.25) is 0 Å². The fraction of sp³-hybridized carbons (Fsp3) is 0.545. The highest BCUT2D eigenvalue weighted by Gasteiger charge is 2.08. The van der Waals surface area contributed by atoms with Crippen molar-refractivity contribution in [3.05, 3.63) is 16.1 Å². The summed E-state index contributed by atoms with van der Waals surface area (Å²) in [4.78, 5) is 5.71.